The number of fused-ring (bicyclic) bond motifs is 1. The van der Waals surface area contributed by atoms with Gasteiger partial charge >= 0.3 is 0 Å². The summed E-state index contributed by atoms with van der Waals surface area (Å²) >= 11 is 0. The van der Waals surface area contributed by atoms with Crippen LogP contribution in [0.4, 0.5) is 11.4 Å². The van der Waals surface area contributed by atoms with Gasteiger partial charge < -0.3 is 10.4 Å². The minimum Gasteiger partial charge on any atom is -0.506 e. The summed E-state index contributed by atoms with van der Waals surface area (Å²) in [4.78, 5) is 18.2. The first kappa shape index (κ1) is 21.9. The Hall–Kier alpha value is -3.92. The van der Waals surface area contributed by atoms with Crippen molar-refractivity contribution in [3.05, 3.63) is 65.9 Å². The number of nitrogens with one attached hydrogen (secondary N) is 1. The standard InChI is InChI=1S/C24H23N5O4S/c1-15-22-18(14-19(16-7-4-3-5-8-16)25-23(22)28(2)27-15)24(31)26-20-13-17(9-10-21(20)30)29-11-6-12-34(29,32)33/h3-5,7-10,13-14,30H,6,11-12H2,1-2H3,(H,26,31). The van der Waals surface area contributed by atoms with Gasteiger partial charge in [-0.15, -0.1) is 0 Å². The third-order valence-corrected chi connectivity index (χ3v) is 7.77. The molecule has 0 unspecified atom stereocenters. The molecule has 4 aromatic rings. The van der Waals surface area contributed by atoms with Crippen molar-refractivity contribution in [2.75, 3.05) is 21.9 Å². The Bertz CT molecular complexity index is 1530. The second-order valence-corrected chi connectivity index (χ2v) is 10.2. The highest BCUT2D eigenvalue weighted by atomic mass is 32.2. The van der Waals surface area contributed by atoms with Gasteiger partial charge in [-0.1, -0.05) is 30.3 Å². The Balaban J connectivity index is 1.58. The predicted octanol–water partition coefficient (Wildman–Crippen LogP) is 3.44. The van der Waals surface area contributed by atoms with Crippen molar-refractivity contribution in [1.29, 1.82) is 0 Å². The third kappa shape index (κ3) is 3.75. The van der Waals surface area contributed by atoms with E-state index in [2.05, 4.69) is 10.4 Å². The number of hydrogen-bond donors (Lipinski definition) is 2. The number of carbonyl (C=O) groups is 1. The summed E-state index contributed by atoms with van der Waals surface area (Å²) in [5, 5.41) is 18.2. The van der Waals surface area contributed by atoms with Crippen molar-refractivity contribution in [3.63, 3.8) is 0 Å². The number of anilines is 2. The van der Waals surface area contributed by atoms with E-state index in [1.807, 2.05) is 30.3 Å². The van der Waals surface area contributed by atoms with Gasteiger partial charge in [0.25, 0.3) is 5.91 Å². The van der Waals surface area contributed by atoms with Crippen molar-refractivity contribution in [2.24, 2.45) is 7.05 Å². The number of pyridine rings is 1. The summed E-state index contributed by atoms with van der Waals surface area (Å²) in [5.41, 5.74) is 3.54. The molecule has 1 amide bonds. The lowest BCUT2D eigenvalue weighted by molar-refractivity contribution is 0.102. The van der Waals surface area contributed by atoms with Gasteiger partial charge in [0.15, 0.2) is 5.65 Å². The Morgan fingerprint density at radius 3 is 2.59 bits per heavy atom. The van der Waals surface area contributed by atoms with E-state index in [4.69, 9.17) is 4.98 Å². The summed E-state index contributed by atoms with van der Waals surface area (Å²) in [6, 6.07) is 15.6. The van der Waals surface area contributed by atoms with E-state index >= 15 is 0 Å². The third-order valence-electron chi connectivity index (χ3n) is 5.90. The molecule has 2 aromatic carbocycles. The summed E-state index contributed by atoms with van der Waals surface area (Å²) in [6.07, 6.45) is 0.530. The topological polar surface area (TPSA) is 117 Å². The van der Waals surface area contributed by atoms with E-state index < -0.39 is 15.9 Å². The van der Waals surface area contributed by atoms with Crippen LogP contribution < -0.4 is 9.62 Å². The zero-order valence-corrected chi connectivity index (χ0v) is 19.5. The Labute approximate surface area is 196 Å². The Morgan fingerprint density at radius 2 is 1.88 bits per heavy atom. The molecule has 2 N–H and O–H groups in total. The van der Waals surface area contributed by atoms with Crippen molar-refractivity contribution in [3.8, 4) is 17.0 Å². The number of aromatic hydroxyl groups is 1. The van der Waals surface area contributed by atoms with E-state index in [9.17, 15) is 18.3 Å². The summed E-state index contributed by atoms with van der Waals surface area (Å²) in [6.45, 7) is 2.17. The van der Waals surface area contributed by atoms with E-state index in [1.54, 1.807) is 24.7 Å². The number of carbonyl (C=O) groups excluding carboxylic acids is 1. The molecule has 1 aliphatic rings. The second-order valence-electron chi connectivity index (χ2n) is 8.23. The number of sulfonamides is 1. The average Bonchev–Trinajstić information content (AvgIpc) is 3.32. The van der Waals surface area contributed by atoms with Gasteiger partial charge in [0.1, 0.15) is 5.75 Å². The first-order chi connectivity index (χ1) is 16.2. The lowest BCUT2D eigenvalue weighted by atomic mass is 10.0. The van der Waals surface area contributed by atoms with Gasteiger partial charge in [0.05, 0.1) is 39.5 Å². The number of aromatic nitrogens is 3. The predicted molar refractivity (Wildman–Crippen MR) is 130 cm³/mol. The van der Waals surface area contributed by atoms with E-state index in [0.29, 0.717) is 46.6 Å². The number of phenolic OH excluding ortho intramolecular Hbond substituents is 1. The molecule has 0 aliphatic carbocycles. The molecule has 0 atom stereocenters. The smallest absolute Gasteiger partial charge is 0.256 e. The maximum absolute atomic E-state index is 13.5. The molecule has 1 saturated heterocycles. The van der Waals surface area contributed by atoms with Gasteiger partial charge in [0, 0.05) is 19.2 Å². The number of phenols is 1. The van der Waals surface area contributed by atoms with Crippen LogP contribution in [-0.2, 0) is 17.1 Å². The molecule has 1 fully saturated rings. The fraction of sp³-hybridized carbons (Fsp3) is 0.208. The average molecular weight is 478 g/mol. The lowest BCUT2D eigenvalue weighted by Gasteiger charge is -2.18. The molecule has 2 aromatic heterocycles. The van der Waals surface area contributed by atoms with Crippen LogP contribution in [0.15, 0.2) is 54.6 Å². The molecule has 1 aliphatic heterocycles. The van der Waals surface area contributed by atoms with Gasteiger partial charge in [0.2, 0.25) is 10.0 Å². The molecule has 5 rings (SSSR count). The number of nitrogens with zero attached hydrogens (tertiary/aromatic N) is 4. The molecular formula is C24H23N5O4S. The molecule has 0 spiro atoms. The molecule has 34 heavy (non-hydrogen) atoms. The number of hydrogen-bond acceptors (Lipinski definition) is 6. The molecule has 10 heteroatoms. The molecule has 3 heterocycles. The van der Waals surface area contributed by atoms with Crippen molar-refractivity contribution in [2.45, 2.75) is 13.3 Å². The van der Waals surface area contributed by atoms with Gasteiger partial charge in [-0.25, -0.2) is 13.4 Å². The molecule has 0 saturated carbocycles. The number of rotatable bonds is 4. The van der Waals surface area contributed by atoms with Crippen LogP contribution in [0.1, 0.15) is 22.5 Å². The maximum Gasteiger partial charge on any atom is 0.256 e. The van der Waals surface area contributed by atoms with Gasteiger partial charge in [-0.3, -0.25) is 13.8 Å². The van der Waals surface area contributed by atoms with E-state index in [0.717, 1.165) is 5.56 Å². The Kier molecular flexibility index (Phi) is 5.24. The maximum atomic E-state index is 13.5. The first-order valence-electron chi connectivity index (χ1n) is 10.8. The van der Waals surface area contributed by atoms with Crippen LogP contribution in [0.2, 0.25) is 0 Å². The second kappa shape index (κ2) is 8.14. The van der Waals surface area contributed by atoms with Crippen LogP contribution in [0.5, 0.6) is 5.75 Å². The molecule has 9 nitrogen and oxygen atoms in total. The first-order valence-corrected chi connectivity index (χ1v) is 12.4. The summed E-state index contributed by atoms with van der Waals surface area (Å²) < 4.78 is 27.6. The number of benzene rings is 2. The van der Waals surface area contributed by atoms with Gasteiger partial charge in [-0.2, -0.15) is 5.10 Å². The quantitative estimate of drug-likeness (QED) is 0.435. The van der Waals surface area contributed by atoms with Crippen LogP contribution in [-0.4, -0.2) is 46.5 Å². The molecule has 174 valence electrons. The Morgan fingerprint density at radius 1 is 1.12 bits per heavy atom. The number of amides is 1. The molecule has 0 bridgehead atoms. The monoisotopic (exact) mass is 477 g/mol. The minimum atomic E-state index is -3.40. The fourth-order valence-electron chi connectivity index (χ4n) is 4.28. The zero-order chi connectivity index (χ0) is 24.0. The van der Waals surface area contributed by atoms with E-state index in [1.165, 1.54) is 22.5 Å². The molecular weight excluding hydrogens is 454 g/mol. The fourth-order valence-corrected chi connectivity index (χ4v) is 5.84. The van der Waals surface area contributed by atoms with Crippen LogP contribution >= 0.6 is 0 Å². The van der Waals surface area contributed by atoms with Crippen LogP contribution in [0.3, 0.4) is 0 Å². The normalized spacial score (nSPS) is 15.1. The highest BCUT2D eigenvalue weighted by Gasteiger charge is 2.29. The highest BCUT2D eigenvalue weighted by molar-refractivity contribution is 7.93. The van der Waals surface area contributed by atoms with Crippen LogP contribution in [0, 0.1) is 6.92 Å². The highest BCUT2D eigenvalue weighted by Crippen LogP contribution is 2.33. The van der Waals surface area contributed by atoms with Crippen LogP contribution in [0.25, 0.3) is 22.3 Å². The summed E-state index contributed by atoms with van der Waals surface area (Å²) in [5.74, 6) is -0.546. The van der Waals surface area contributed by atoms with Crippen molar-refractivity contribution >= 4 is 38.3 Å². The SMILES string of the molecule is Cc1nn(C)c2nc(-c3ccccc3)cc(C(=O)Nc3cc(N4CCCS4(=O)=O)ccc3O)c12. The number of aryl methyl sites for hydroxylation is 2. The largest absolute Gasteiger partial charge is 0.506 e. The van der Waals surface area contributed by atoms with E-state index in [-0.39, 0.29) is 17.2 Å². The van der Waals surface area contributed by atoms with Crippen molar-refractivity contribution < 1.29 is 18.3 Å². The zero-order valence-electron chi connectivity index (χ0n) is 18.7. The summed E-state index contributed by atoms with van der Waals surface area (Å²) in [7, 11) is -1.63. The van der Waals surface area contributed by atoms with Gasteiger partial charge in [-0.05, 0) is 37.6 Å². The van der Waals surface area contributed by atoms with Crippen molar-refractivity contribution in [1.82, 2.24) is 14.8 Å². The lowest BCUT2D eigenvalue weighted by Crippen LogP contribution is -2.25. The minimum absolute atomic E-state index is 0.0765. The molecule has 0 radical (unpaired) electrons.